The standard InChI is InChI=1S/C13H19BrN2S2/c1-9(7-8-18-3)16(2)11-6-4-5-10(14)12(11)13(15)17/h4-6,9H,7-8H2,1-3H3,(H2,15,17). The Morgan fingerprint density at radius 3 is 2.78 bits per heavy atom. The van der Waals surface area contributed by atoms with Crippen LogP contribution in [-0.2, 0) is 0 Å². The summed E-state index contributed by atoms with van der Waals surface area (Å²) in [5, 5.41) is 0. The summed E-state index contributed by atoms with van der Waals surface area (Å²) in [6, 6.07) is 6.51. The first-order valence-corrected chi connectivity index (χ1v) is 8.38. The van der Waals surface area contributed by atoms with Gasteiger partial charge in [0.1, 0.15) is 4.99 Å². The molecule has 0 radical (unpaired) electrons. The Labute approximate surface area is 127 Å². The Kier molecular flexibility index (Phi) is 6.46. The lowest BCUT2D eigenvalue weighted by Gasteiger charge is -2.29. The third kappa shape index (κ3) is 3.87. The average molecular weight is 347 g/mol. The van der Waals surface area contributed by atoms with Gasteiger partial charge in [-0.2, -0.15) is 11.8 Å². The van der Waals surface area contributed by atoms with Crippen LogP contribution in [0.3, 0.4) is 0 Å². The Morgan fingerprint density at radius 1 is 1.56 bits per heavy atom. The van der Waals surface area contributed by atoms with Crippen molar-refractivity contribution in [1.82, 2.24) is 0 Å². The van der Waals surface area contributed by atoms with Gasteiger partial charge in [-0.25, -0.2) is 0 Å². The van der Waals surface area contributed by atoms with E-state index < -0.39 is 0 Å². The van der Waals surface area contributed by atoms with E-state index in [-0.39, 0.29) is 0 Å². The summed E-state index contributed by atoms with van der Waals surface area (Å²) >= 11 is 10.5. The maximum atomic E-state index is 5.82. The van der Waals surface area contributed by atoms with Gasteiger partial charge in [-0.3, -0.25) is 0 Å². The molecule has 0 aliphatic heterocycles. The largest absolute Gasteiger partial charge is 0.389 e. The molecule has 0 aliphatic rings. The maximum absolute atomic E-state index is 5.82. The SMILES string of the molecule is CSCCC(C)N(C)c1cccc(Br)c1C(N)=S. The van der Waals surface area contributed by atoms with Gasteiger partial charge in [0.15, 0.2) is 0 Å². The van der Waals surface area contributed by atoms with Gasteiger partial charge in [-0.1, -0.05) is 18.3 Å². The molecule has 1 atom stereocenters. The fraction of sp³-hybridized carbons (Fsp3) is 0.462. The van der Waals surface area contributed by atoms with Gasteiger partial charge >= 0.3 is 0 Å². The normalized spacial score (nSPS) is 12.2. The highest BCUT2D eigenvalue weighted by Crippen LogP contribution is 2.28. The lowest BCUT2D eigenvalue weighted by molar-refractivity contribution is 0.669. The maximum Gasteiger partial charge on any atom is 0.107 e. The summed E-state index contributed by atoms with van der Waals surface area (Å²) in [6.07, 6.45) is 3.27. The number of hydrogen-bond acceptors (Lipinski definition) is 3. The molecule has 100 valence electrons. The molecule has 1 aromatic rings. The molecule has 0 heterocycles. The van der Waals surface area contributed by atoms with Crippen molar-refractivity contribution in [2.45, 2.75) is 19.4 Å². The first kappa shape index (κ1) is 15.8. The van der Waals surface area contributed by atoms with Crippen LogP contribution in [0.4, 0.5) is 5.69 Å². The van der Waals surface area contributed by atoms with Crippen LogP contribution in [0.15, 0.2) is 22.7 Å². The number of halogens is 1. The minimum absolute atomic E-state index is 0.432. The number of nitrogens with two attached hydrogens (primary N) is 1. The summed E-state index contributed by atoms with van der Waals surface area (Å²) in [4.78, 5) is 2.68. The molecular weight excluding hydrogens is 328 g/mol. The van der Waals surface area contributed by atoms with Crippen LogP contribution in [0.1, 0.15) is 18.9 Å². The molecule has 1 rings (SSSR count). The number of thioether (sulfide) groups is 1. The monoisotopic (exact) mass is 346 g/mol. The van der Waals surface area contributed by atoms with Gasteiger partial charge < -0.3 is 10.6 Å². The fourth-order valence-electron chi connectivity index (χ4n) is 1.77. The van der Waals surface area contributed by atoms with Crippen molar-refractivity contribution in [3.8, 4) is 0 Å². The second-order valence-electron chi connectivity index (χ2n) is 4.24. The number of benzene rings is 1. The summed E-state index contributed by atoms with van der Waals surface area (Å²) < 4.78 is 0.955. The van der Waals surface area contributed by atoms with E-state index in [0.717, 1.165) is 27.9 Å². The second kappa shape index (κ2) is 7.36. The first-order valence-electron chi connectivity index (χ1n) is 5.79. The highest BCUT2D eigenvalue weighted by molar-refractivity contribution is 9.10. The van der Waals surface area contributed by atoms with Crippen LogP contribution in [-0.4, -0.2) is 30.1 Å². The number of hydrogen-bond donors (Lipinski definition) is 1. The molecule has 0 amide bonds. The molecular formula is C13H19BrN2S2. The molecule has 2 nitrogen and oxygen atoms in total. The van der Waals surface area contributed by atoms with Crippen LogP contribution in [0.2, 0.25) is 0 Å². The zero-order chi connectivity index (χ0) is 13.7. The van der Waals surface area contributed by atoms with E-state index in [4.69, 9.17) is 18.0 Å². The molecule has 0 bridgehead atoms. The van der Waals surface area contributed by atoms with E-state index in [9.17, 15) is 0 Å². The van der Waals surface area contributed by atoms with Crippen molar-refractivity contribution in [3.63, 3.8) is 0 Å². The molecule has 2 N–H and O–H groups in total. The number of anilines is 1. The van der Waals surface area contributed by atoms with Crippen LogP contribution in [0.5, 0.6) is 0 Å². The van der Waals surface area contributed by atoms with Gasteiger partial charge in [0.2, 0.25) is 0 Å². The van der Waals surface area contributed by atoms with E-state index in [1.165, 1.54) is 0 Å². The minimum Gasteiger partial charge on any atom is -0.389 e. The minimum atomic E-state index is 0.432. The molecule has 0 saturated heterocycles. The van der Waals surface area contributed by atoms with Gasteiger partial charge in [0, 0.05) is 28.8 Å². The van der Waals surface area contributed by atoms with Crippen LogP contribution < -0.4 is 10.6 Å². The van der Waals surface area contributed by atoms with E-state index in [1.807, 2.05) is 23.9 Å². The molecule has 0 aliphatic carbocycles. The summed E-state index contributed by atoms with van der Waals surface area (Å²) in [5.41, 5.74) is 7.83. The third-order valence-corrected chi connectivity index (χ3v) is 4.53. The van der Waals surface area contributed by atoms with E-state index in [0.29, 0.717) is 11.0 Å². The van der Waals surface area contributed by atoms with Crippen LogP contribution in [0.25, 0.3) is 0 Å². The predicted molar refractivity (Wildman–Crippen MR) is 90.9 cm³/mol. The fourth-order valence-corrected chi connectivity index (χ4v) is 3.26. The number of nitrogens with zero attached hydrogens (tertiary/aromatic N) is 1. The van der Waals surface area contributed by atoms with Crippen LogP contribution >= 0.6 is 39.9 Å². The summed E-state index contributed by atoms with van der Waals surface area (Å²) in [7, 11) is 2.09. The second-order valence-corrected chi connectivity index (χ2v) is 6.52. The van der Waals surface area contributed by atoms with Crippen molar-refractivity contribution in [1.29, 1.82) is 0 Å². The van der Waals surface area contributed by atoms with E-state index in [2.05, 4.69) is 47.1 Å². The Bertz CT molecular complexity index is 423. The van der Waals surface area contributed by atoms with Gasteiger partial charge in [0.05, 0.1) is 0 Å². The Balaban J connectivity index is 3.01. The molecule has 0 fully saturated rings. The molecule has 18 heavy (non-hydrogen) atoms. The smallest absolute Gasteiger partial charge is 0.107 e. The zero-order valence-corrected chi connectivity index (χ0v) is 14.2. The van der Waals surface area contributed by atoms with E-state index >= 15 is 0 Å². The summed E-state index contributed by atoms with van der Waals surface area (Å²) in [6.45, 7) is 2.22. The first-order chi connectivity index (χ1) is 8.49. The van der Waals surface area contributed by atoms with Crippen molar-refractivity contribution >= 4 is 50.6 Å². The van der Waals surface area contributed by atoms with Gasteiger partial charge in [-0.05, 0) is 53.4 Å². The molecule has 0 aromatic heterocycles. The lowest BCUT2D eigenvalue weighted by atomic mass is 10.1. The van der Waals surface area contributed by atoms with Crippen molar-refractivity contribution in [3.05, 3.63) is 28.2 Å². The quantitative estimate of drug-likeness (QED) is 0.796. The molecule has 1 aromatic carbocycles. The zero-order valence-electron chi connectivity index (χ0n) is 10.9. The van der Waals surface area contributed by atoms with Crippen molar-refractivity contribution < 1.29 is 0 Å². The molecule has 0 saturated carbocycles. The summed E-state index contributed by atoms with van der Waals surface area (Å²) in [5.74, 6) is 1.15. The third-order valence-electron chi connectivity index (χ3n) is 3.02. The lowest BCUT2D eigenvalue weighted by Crippen LogP contribution is -2.31. The molecule has 0 spiro atoms. The highest BCUT2D eigenvalue weighted by Gasteiger charge is 2.16. The number of thiocarbonyl (C=S) groups is 1. The van der Waals surface area contributed by atoms with Crippen molar-refractivity contribution in [2.75, 3.05) is 24.0 Å². The van der Waals surface area contributed by atoms with Gasteiger partial charge in [-0.15, -0.1) is 0 Å². The molecule has 5 heteroatoms. The average Bonchev–Trinajstić information content (AvgIpc) is 2.34. The topological polar surface area (TPSA) is 29.3 Å². The van der Waals surface area contributed by atoms with Crippen molar-refractivity contribution in [2.24, 2.45) is 5.73 Å². The highest BCUT2D eigenvalue weighted by atomic mass is 79.9. The Morgan fingerprint density at radius 2 is 2.22 bits per heavy atom. The van der Waals surface area contributed by atoms with Crippen LogP contribution in [0, 0.1) is 0 Å². The molecule has 1 unspecified atom stereocenters. The number of rotatable bonds is 6. The Hall–Kier alpha value is -0.260. The van der Waals surface area contributed by atoms with Gasteiger partial charge in [0.25, 0.3) is 0 Å². The predicted octanol–water partition coefficient (Wildman–Crippen LogP) is 3.66. The van der Waals surface area contributed by atoms with E-state index in [1.54, 1.807) is 0 Å².